The number of aryl methyl sites for hydroxylation is 1. The fourth-order valence-electron chi connectivity index (χ4n) is 2.96. The predicted octanol–water partition coefficient (Wildman–Crippen LogP) is 2.61. The summed E-state index contributed by atoms with van der Waals surface area (Å²) in [7, 11) is 1.65. The van der Waals surface area contributed by atoms with Gasteiger partial charge in [0.25, 0.3) is 0 Å². The van der Waals surface area contributed by atoms with Gasteiger partial charge in [-0.15, -0.1) is 0 Å². The summed E-state index contributed by atoms with van der Waals surface area (Å²) in [5, 5.41) is 1.34. The van der Waals surface area contributed by atoms with Gasteiger partial charge in [0.05, 0.1) is 18.5 Å². The SMILES string of the molecule is COc1ccc2[nH]c3c(c2c1)CCn1c-3cc(Cl)nc1=O. The predicted molar refractivity (Wildman–Crippen MR) is 81.1 cm³/mol. The number of hydrogen-bond acceptors (Lipinski definition) is 3. The van der Waals surface area contributed by atoms with Gasteiger partial charge in [0.2, 0.25) is 0 Å². The van der Waals surface area contributed by atoms with E-state index in [-0.39, 0.29) is 10.8 Å². The van der Waals surface area contributed by atoms with E-state index in [2.05, 4.69) is 9.97 Å². The Bertz CT molecular complexity index is 927. The molecule has 0 saturated carbocycles. The molecule has 0 bridgehead atoms. The van der Waals surface area contributed by atoms with Crippen molar-refractivity contribution in [1.29, 1.82) is 0 Å². The van der Waals surface area contributed by atoms with Gasteiger partial charge in [-0.25, -0.2) is 4.79 Å². The largest absolute Gasteiger partial charge is 0.497 e. The van der Waals surface area contributed by atoms with Gasteiger partial charge >= 0.3 is 5.69 Å². The molecular weight excluding hydrogens is 290 g/mol. The van der Waals surface area contributed by atoms with Gasteiger partial charge in [-0.3, -0.25) is 4.57 Å². The highest BCUT2D eigenvalue weighted by atomic mass is 35.5. The molecule has 21 heavy (non-hydrogen) atoms. The van der Waals surface area contributed by atoms with E-state index >= 15 is 0 Å². The fraction of sp³-hybridized carbons (Fsp3) is 0.200. The van der Waals surface area contributed by atoms with Crippen LogP contribution in [0.15, 0.2) is 29.1 Å². The van der Waals surface area contributed by atoms with Crippen molar-refractivity contribution >= 4 is 22.5 Å². The first-order chi connectivity index (χ1) is 10.2. The van der Waals surface area contributed by atoms with Crippen LogP contribution in [0.1, 0.15) is 5.56 Å². The van der Waals surface area contributed by atoms with Crippen LogP contribution in [0.2, 0.25) is 5.15 Å². The first-order valence-corrected chi connectivity index (χ1v) is 7.01. The molecule has 0 atom stereocenters. The summed E-state index contributed by atoms with van der Waals surface area (Å²) in [5.41, 5.74) is 3.63. The number of benzene rings is 1. The molecule has 0 fully saturated rings. The number of nitrogens with zero attached hydrogens (tertiary/aromatic N) is 2. The quantitative estimate of drug-likeness (QED) is 0.703. The second-order valence-corrected chi connectivity index (χ2v) is 5.43. The third kappa shape index (κ3) is 1.77. The second-order valence-electron chi connectivity index (χ2n) is 5.04. The minimum Gasteiger partial charge on any atom is -0.497 e. The number of aromatic amines is 1. The number of halogens is 1. The molecule has 3 aromatic rings. The Kier molecular flexibility index (Phi) is 2.59. The van der Waals surface area contributed by atoms with Gasteiger partial charge in [-0.05, 0) is 30.2 Å². The monoisotopic (exact) mass is 301 g/mol. The van der Waals surface area contributed by atoms with Crippen molar-refractivity contribution in [3.05, 3.63) is 45.5 Å². The summed E-state index contributed by atoms with van der Waals surface area (Å²) in [6.07, 6.45) is 0.777. The highest BCUT2D eigenvalue weighted by Crippen LogP contribution is 2.35. The van der Waals surface area contributed by atoms with Crippen molar-refractivity contribution in [2.24, 2.45) is 0 Å². The van der Waals surface area contributed by atoms with Crippen molar-refractivity contribution in [3.63, 3.8) is 0 Å². The number of H-pyrrole nitrogens is 1. The Morgan fingerprint density at radius 1 is 1.38 bits per heavy atom. The van der Waals surface area contributed by atoms with E-state index in [0.717, 1.165) is 34.5 Å². The van der Waals surface area contributed by atoms with Gasteiger partial charge < -0.3 is 9.72 Å². The van der Waals surface area contributed by atoms with Gasteiger partial charge in [0.15, 0.2) is 0 Å². The lowest BCUT2D eigenvalue weighted by Gasteiger charge is -2.18. The second kappa shape index (κ2) is 4.36. The van der Waals surface area contributed by atoms with Crippen molar-refractivity contribution in [2.75, 3.05) is 7.11 Å². The first kappa shape index (κ1) is 12.5. The normalized spacial score (nSPS) is 13.0. The Balaban J connectivity index is 2.05. The molecule has 0 aliphatic carbocycles. The molecule has 3 heterocycles. The third-order valence-electron chi connectivity index (χ3n) is 3.93. The standard InChI is InChI=1S/C15H12ClN3O2/c1-21-8-2-3-11-10(6-8)9-4-5-19-12(14(9)17-11)7-13(16)18-15(19)20/h2-3,6-7,17H,4-5H2,1H3. The molecule has 4 rings (SSSR count). The van der Waals surface area contributed by atoms with Gasteiger partial charge in [-0.2, -0.15) is 4.98 Å². The number of fused-ring (bicyclic) bond motifs is 5. The molecule has 5 nitrogen and oxygen atoms in total. The van der Waals surface area contributed by atoms with Crippen molar-refractivity contribution in [2.45, 2.75) is 13.0 Å². The summed E-state index contributed by atoms with van der Waals surface area (Å²) < 4.78 is 6.94. The molecule has 106 valence electrons. The Morgan fingerprint density at radius 2 is 2.24 bits per heavy atom. The van der Waals surface area contributed by atoms with Crippen molar-refractivity contribution < 1.29 is 4.74 Å². The summed E-state index contributed by atoms with van der Waals surface area (Å²) in [6, 6.07) is 7.64. The summed E-state index contributed by atoms with van der Waals surface area (Å²) in [6.45, 7) is 0.607. The van der Waals surface area contributed by atoms with E-state index in [0.29, 0.717) is 6.54 Å². The zero-order valence-corrected chi connectivity index (χ0v) is 12.1. The minimum absolute atomic E-state index is 0.218. The molecule has 1 aliphatic heterocycles. The van der Waals surface area contributed by atoms with Crippen LogP contribution in [0.5, 0.6) is 5.75 Å². The van der Waals surface area contributed by atoms with E-state index in [1.165, 1.54) is 5.56 Å². The molecule has 1 N–H and O–H groups in total. The number of ether oxygens (including phenoxy) is 1. The Hall–Kier alpha value is -2.27. The summed E-state index contributed by atoms with van der Waals surface area (Å²) >= 11 is 5.94. The molecule has 1 aliphatic rings. The Morgan fingerprint density at radius 3 is 3.05 bits per heavy atom. The molecule has 2 aromatic heterocycles. The topological polar surface area (TPSA) is 59.9 Å². The van der Waals surface area contributed by atoms with E-state index < -0.39 is 0 Å². The van der Waals surface area contributed by atoms with Crippen LogP contribution in [-0.4, -0.2) is 21.6 Å². The highest BCUT2D eigenvalue weighted by molar-refractivity contribution is 6.29. The average Bonchev–Trinajstić information content (AvgIpc) is 2.85. The molecular formula is C15H12ClN3O2. The highest BCUT2D eigenvalue weighted by Gasteiger charge is 2.22. The number of methoxy groups -OCH3 is 1. The smallest absolute Gasteiger partial charge is 0.349 e. The number of nitrogens with one attached hydrogen (secondary N) is 1. The van der Waals surface area contributed by atoms with E-state index in [4.69, 9.17) is 16.3 Å². The summed E-state index contributed by atoms with van der Waals surface area (Å²) in [5.74, 6) is 0.819. The van der Waals surface area contributed by atoms with E-state index in [1.807, 2.05) is 18.2 Å². The lowest BCUT2D eigenvalue weighted by Crippen LogP contribution is -2.28. The fourth-order valence-corrected chi connectivity index (χ4v) is 3.13. The molecule has 0 saturated heterocycles. The number of aromatic nitrogens is 3. The average molecular weight is 302 g/mol. The van der Waals surface area contributed by atoms with Crippen LogP contribution in [0.4, 0.5) is 0 Å². The number of hydrogen-bond donors (Lipinski definition) is 1. The molecule has 6 heteroatoms. The van der Waals surface area contributed by atoms with Crippen LogP contribution in [-0.2, 0) is 13.0 Å². The van der Waals surface area contributed by atoms with E-state index in [9.17, 15) is 4.79 Å². The molecule has 1 aromatic carbocycles. The first-order valence-electron chi connectivity index (χ1n) is 6.64. The molecule has 0 radical (unpaired) electrons. The molecule has 0 unspecified atom stereocenters. The van der Waals surface area contributed by atoms with Crippen molar-refractivity contribution in [3.8, 4) is 17.1 Å². The lowest BCUT2D eigenvalue weighted by atomic mass is 10.0. The maximum atomic E-state index is 11.9. The van der Waals surface area contributed by atoms with Crippen LogP contribution < -0.4 is 10.4 Å². The minimum atomic E-state index is -0.306. The zero-order chi connectivity index (χ0) is 14.6. The zero-order valence-electron chi connectivity index (χ0n) is 11.3. The van der Waals surface area contributed by atoms with Gasteiger partial charge in [0, 0.05) is 23.5 Å². The van der Waals surface area contributed by atoms with Crippen LogP contribution in [0.3, 0.4) is 0 Å². The van der Waals surface area contributed by atoms with Crippen molar-refractivity contribution in [1.82, 2.24) is 14.5 Å². The third-order valence-corrected chi connectivity index (χ3v) is 4.13. The van der Waals surface area contributed by atoms with Crippen LogP contribution in [0, 0.1) is 0 Å². The Labute approximate surface area is 125 Å². The molecule has 0 amide bonds. The molecule has 0 spiro atoms. The maximum absolute atomic E-state index is 11.9. The lowest BCUT2D eigenvalue weighted by molar-refractivity contribution is 0.415. The summed E-state index contributed by atoms with van der Waals surface area (Å²) in [4.78, 5) is 19.1. The van der Waals surface area contributed by atoms with E-state index in [1.54, 1.807) is 17.7 Å². The maximum Gasteiger partial charge on any atom is 0.349 e. The van der Waals surface area contributed by atoms with Crippen LogP contribution >= 0.6 is 11.6 Å². The van der Waals surface area contributed by atoms with Gasteiger partial charge in [0.1, 0.15) is 10.9 Å². The number of rotatable bonds is 1. The van der Waals surface area contributed by atoms with Gasteiger partial charge in [-0.1, -0.05) is 11.6 Å². The van der Waals surface area contributed by atoms with Crippen LogP contribution in [0.25, 0.3) is 22.3 Å².